The third-order valence-electron chi connectivity index (χ3n) is 3.68. The SMILES string of the molecule is COc1cccc(C(C)CCN)c1OC1CN(C)C1. The monoisotopic (exact) mass is 264 g/mol. The van der Waals surface area contributed by atoms with Crippen LogP contribution in [0, 0.1) is 0 Å². The molecule has 1 saturated heterocycles. The van der Waals surface area contributed by atoms with Gasteiger partial charge in [0.05, 0.1) is 7.11 Å². The summed E-state index contributed by atoms with van der Waals surface area (Å²) in [5, 5.41) is 0. The Bertz CT molecular complexity index is 417. The van der Waals surface area contributed by atoms with Gasteiger partial charge in [-0.1, -0.05) is 19.1 Å². The number of likely N-dealkylation sites (tertiary alicyclic amines) is 1. The number of methoxy groups -OCH3 is 1. The minimum absolute atomic E-state index is 0.269. The minimum Gasteiger partial charge on any atom is -0.493 e. The van der Waals surface area contributed by atoms with Crippen molar-refractivity contribution in [2.75, 3.05) is 33.8 Å². The van der Waals surface area contributed by atoms with E-state index in [4.69, 9.17) is 15.2 Å². The molecule has 1 unspecified atom stereocenters. The van der Waals surface area contributed by atoms with Crippen molar-refractivity contribution in [1.29, 1.82) is 0 Å². The van der Waals surface area contributed by atoms with Crippen molar-refractivity contribution in [2.24, 2.45) is 5.73 Å². The Morgan fingerprint density at radius 3 is 2.74 bits per heavy atom. The molecule has 0 amide bonds. The first kappa shape index (κ1) is 14.2. The Balaban J connectivity index is 2.21. The zero-order valence-corrected chi connectivity index (χ0v) is 12.1. The molecule has 4 heteroatoms. The molecule has 106 valence electrons. The highest BCUT2D eigenvalue weighted by atomic mass is 16.5. The van der Waals surface area contributed by atoms with Gasteiger partial charge in [-0.3, -0.25) is 4.90 Å². The summed E-state index contributed by atoms with van der Waals surface area (Å²) < 4.78 is 11.6. The van der Waals surface area contributed by atoms with E-state index in [9.17, 15) is 0 Å². The maximum Gasteiger partial charge on any atom is 0.165 e. The van der Waals surface area contributed by atoms with Gasteiger partial charge in [-0.15, -0.1) is 0 Å². The lowest BCUT2D eigenvalue weighted by Crippen LogP contribution is -2.51. The molecule has 1 aliphatic rings. The van der Waals surface area contributed by atoms with Crippen LogP contribution >= 0.6 is 0 Å². The number of benzene rings is 1. The number of ether oxygens (including phenoxy) is 2. The number of nitrogens with zero attached hydrogens (tertiary/aromatic N) is 1. The second-order valence-corrected chi connectivity index (χ2v) is 5.32. The summed E-state index contributed by atoms with van der Waals surface area (Å²) in [6.07, 6.45) is 1.22. The molecule has 1 aromatic carbocycles. The molecular formula is C15H24N2O2. The van der Waals surface area contributed by atoms with Gasteiger partial charge in [-0.2, -0.15) is 0 Å². The molecule has 1 heterocycles. The predicted octanol–water partition coefficient (Wildman–Crippen LogP) is 1.84. The molecule has 0 aliphatic carbocycles. The van der Waals surface area contributed by atoms with Crippen molar-refractivity contribution in [2.45, 2.75) is 25.4 Å². The second-order valence-electron chi connectivity index (χ2n) is 5.32. The molecule has 0 saturated carbocycles. The normalized spacial score (nSPS) is 17.9. The van der Waals surface area contributed by atoms with Gasteiger partial charge in [-0.05, 0) is 32.0 Å². The second kappa shape index (κ2) is 6.26. The van der Waals surface area contributed by atoms with E-state index in [2.05, 4.69) is 24.9 Å². The Kier molecular flexibility index (Phi) is 4.66. The summed E-state index contributed by atoms with van der Waals surface area (Å²) in [6, 6.07) is 6.08. The third-order valence-corrected chi connectivity index (χ3v) is 3.68. The molecule has 0 aromatic heterocycles. The van der Waals surface area contributed by atoms with Crippen LogP contribution in [0.3, 0.4) is 0 Å². The van der Waals surface area contributed by atoms with Crippen LogP contribution in [0.1, 0.15) is 24.8 Å². The van der Waals surface area contributed by atoms with E-state index in [-0.39, 0.29) is 6.10 Å². The molecule has 0 radical (unpaired) electrons. The van der Waals surface area contributed by atoms with Crippen molar-refractivity contribution in [3.8, 4) is 11.5 Å². The van der Waals surface area contributed by atoms with E-state index >= 15 is 0 Å². The van der Waals surface area contributed by atoms with E-state index in [1.807, 2.05) is 12.1 Å². The van der Waals surface area contributed by atoms with Crippen LogP contribution in [0.25, 0.3) is 0 Å². The first-order chi connectivity index (χ1) is 9.15. The average molecular weight is 264 g/mol. The molecule has 0 spiro atoms. The van der Waals surface area contributed by atoms with Gasteiger partial charge in [0.1, 0.15) is 6.10 Å². The maximum absolute atomic E-state index is 6.13. The van der Waals surface area contributed by atoms with E-state index in [0.717, 1.165) is 31.0 Å². The van der Waals surface area contributed by atoms with Gasteiger partial charge >= 0.3 is 0 Å². The number of nitrogens with two attached hydrogens (primary N) is 1. The first-order valence-corrected chi connectivity index (χ1v) is 6.87. The van der Waals surface area contributed by atoms with Gasteiger partial charge < -0.3 is 15.2 Å². The fourth-order valence-corrected chi connectivity index (χ4v) is 2.50. The van der Waals surface area contributed by atoms with Gasteiger partial charge in [0, 0.05) is 18.7 Å². The molecule has 4 nitrogen and oxygen atoms in total. The zero-order chi connectivity index (χ0) is 13.8. The number of likely N-dealkylation sites (N-methyl/N-ethyl adjacent to an activating group) is 1. The van der Waals surface area contributed by atoms with Crippen molar-refractivity contribution < 1.29 is 9.47 Å². The lowest BCUT2D eigenvalue weighted by atomic mass is 9.96. The van der Waals surface area contributed by atoms with Crippen LogP contribution in [-0.4, -0.2) is 44.8 Å². The zero-order valence-electron chi connectivity index (χ0n) is 12.1. The van der Waals surface area contributed by atoms with E-state index in [1.54, 1.807) is 7.11 Å². The van der Waals surface area contributed by atoms with Crippen LogP contribution in [0.4, 0.5) is 0 Å². The van der Waals surface area contributed by atoms with E-state index < -0.39 is 0 Å². The summed E-state index contributed by atoms with van der Waals surface area (Å²) in [7, 11) is 3.78. The van der Waals surface area contributed by atoms with Crippen LogP contribution in [0.2, 0.25) is 0 Å². The van der Waals surface area contributed by atoms with Crippen LogP contribution in [-0.2, 0) is 0 Å². The van der Waals surface area contributed by atoms with E-state index in [1.165, 1.54) is 5.56 Å². The predicted molar refractivity (Wildman–Crippen MR) is 77.0 cm³/mol. The third kappa shape index (κ3) is 3.19. The average Bonchev–Trinajstić information content (AvgIpc) is 2.37. The fourth-order valence-electron chi connectivity index (χ4n) is 2.50. The molecule has 19 heavy (non-hydrogen) atoms. The molecule has 1 atom stereocenters. The van der Waals surface area contributed by atoms with Crippen molar-refractivity contribution >= 4 is 0 Å². The van der Waals surface area contributed by atoms with Crippen LogP contribution in [0.5, 0.6) is 11.5 Å². The summed E-state index contributed by atoms with van der Waals surface area (Å²) in [6.45, 7) is 4.82. The molecule has 0 bridgehead atoms. The Hall–Kier alpha value is -1.26. The fraction of sp³-hybridized carbons (Fsp3) is 0.600. The van der Waals surface area contributed by atoms with Gasteiger partial charge in [-0.25, -0.2) is 0 Å². The number of hydrogen-bond acceptors (Lipinski definition) is 4. The molecule has 1 fully saturated rings. The van der Waals surface area contributed by atoms with Crippen LogP contribution < -0.4 is 15.2 Å². The standard InChI is InChI=1S/C15H24N2O2/c1-11(7-8-16)13-5-4-6-14(18-3)15(13)19-12-9-17(2)10-12/h4-6,11-12H,7-10,16H2,1-3H3. The van der Waals surface area contributed by atoms with Crippen LogP contribution in [0.15, 0.2) is 18.2 Å². The van der Waals surface area contributed by atoms with Crippen molar-refractivity contribution in [1.82, 2.24) is 4.90 Å². The summed E-state index contributed by atoms with van der Waals surface area (Å²) in [5.74, 6) is 2.09. The molecule has 1 aliphatic heterocycles. The highest BCUT2D eigenvalue weighted by Gasteiger charge is 2.27. The highest BCUT2D eigenvalue weighted by molar-refractivity contribution is 5.48. The molecule has 1 aromatic rings. The Morgan fingerprint density at radius 2 is 2.16 bits per heavy atom. The summed E-state index contributed by atoms with van der Waals surface area (Å²) in [4.78, 5) is 2.24. The molecule has 2 rings (SSSR count). The first-order valence-electron chi connectivity index (χ1n) is 6.87. The smallest absolute Gasteiger partial charge is 0.165 e. The Morgan fingerprint density at radius 1 is 1.42 bits per heavy atom. The minimum atomic E-state index is 0.269. The Labute approximate surface area is 115 Å². The number of para-hydroxylation sites is 1. The van der Waals surface area contributed by atoms with Crippen molar-refractivity contribution in [3.05, 3.63) is 23.8 Å². The lowest BCUT2D eigenvalue weighted by molar-refractivity contribution is 0.0360. The van der Waals surface area contributed by atoms with Gasteiger partial charge in [0.15, 0.2) is 11.5 Å². The maximum atomic E-state index is 6.13. The summed E-state index contributed by atoms with van der Waals surface area (Å²) in [5.41, 5.74) is 6.86. The number of rotatable bonds is 6. The number of hydrogen-bond donors (Lipinski definition) is 1. The lowest BCUT2D eigenvalue weighted by Gasteiger charge is -2.37. The van der Waals surface area contributed by atoms with Crippen molar-refractivity contribution in [3.63, 3.8) is 0 Å². The van der Waals surface area contributed by atoms with Gasteiger partial charge in [0.2, 0.25) is 0 Å². The topological polar surface area (TPSA) is 47.7 Å². The molecule has 2 N–H and O–H groups in total. The van der Waals surface area contributed by atoms with E-state index in [0.29, 0.717) is 12.5 Å². The largest absolute Gasteiger partial charge is 0.493 e. The van der Waals surface area contributed by atoms with Gasteiger partial charge in [0.25, 0.3) is 0 Å². The summed E-state index contributed by atoms with van der Waals surface area (Å²) >= 11 is 0. The molecular weight excluding hydrogens is 240 g/mol. The highest BCUT2D eigenvalue weighted by Crippen LogP contribution is 2.38. The quantitative estimate of drug-likeness (QED) is 0.851.